The highest BCUT2D eigenvalue weighted by Crippen LogP contribution is 2.18. The molecule has 0 aliphatic carbocycles. The number of H-pyrrole nitrogens is 1. The molecule has 0 unspecified atom stereocenters. The fraction of sp³-hybridized carbons (Fsp3) is 0.222. The number of rotatable bonds is 3. The summed E-state index contributed by atoms with van der Waals surface area (Å²) in [5.74, 6) is -0.0115. The van der Waals surface area contributed by atoms with Gasteiger partial charge >= 0.3 is 5.97 Å². The summed E-state index contributed by atoms with van der Waals surface area (Å²) in [6.07, 6.45) is 3.38. The van der Waals surface area contributed by atoms with E-state index in [9.17, 15) is 4.79 Å². The van der Waals surface area contributed by atoms with Gasteiger partial charge in [0.1, 0.15) is 0 Å². The first-order valence-corrected chi connectivity index (χ1v) is 5.27. The highest BCUT2D eigenvalue weighted by molar-refractivity contribution is 7.99. The lowest BCUT2D eigenvalue weighted by atomic mass is 10.4. The molecule has 0 saturated carbocycles. The van der Waals surface area contributed by atoms with Crippen LogP contribution in [0.2, 0.25) is 0 Å². The van der Waals surface area contributed by atoms with Gasteiger partial charge in [-0.15, -0.1) is 0 Å². The van der Waals surface area contributed by atoms with Gasteiger partial charge in [0.25, 0.3) is 0 Å². The van der Waals surface area contributed by atoms with Crippen molar-refractivity contribution in [2.45, 2.75) is 5.16 Å². The molecule has 0 aromatic carbocycles. The smallest absolute Gasteiger partial charge is 0.316 e. The van der Waals surface area contributed by atoms with Gasteiger partial charge in [0.15, 0.2) is 5.16 Å². The third kappa shape index (κ3) is 2.27. The van der Waals surface area contributed by atoms with Crippen LogP contribution < -0.4 is 0 Å². The van der Waals surface area contributed by atoms with Crippen LogP contribution in [0.4, 0.5) is 0 Å². The Kier molecular flexibility index (Phi) is 2.86. The summed E-state index contributed by atoms with van der Waals surface area (Å²) in [7, 11) is 1.37. The van der Waals surface area contributed by atoms with E-state index in [-0.39, 0.29) is 11.7 Å². The third-order valence-electron chi connectivity index (χ3n) is 1.82. The molecule has 1 N–H and O–H groups in total. The van der Waals surface area contributed by atoms with E-state index in [0.717, 1.165) is 11.0 Å². The minimum atomic E-state index is -0.265. The second-order valence-electron chi connectivity index (χ2n) is 2.80. The molecule has 6 heteroatoms. The van der Waals surface area contributed by atoms with Gasteiger partial charge in [0.2, 0.25) is 0 Å². The molecule has 0 saturated heterocycles. The van der Waals surface area contributed by atoms with Crippen molar-refractivity contribution in [1.82, 2.24) is 15.0 Å². The SMILES string of the molecule is COC(=O)CSc1nc2ccncc2[nH]1. The first kappa shape index (κ1) is 9.97. The van der Waals surface area contributed by atoms with E-state index in [1.165, 1.54) is 18.9 Å². The number of pyridine rings is 1. The van der Waals surface area contributed by atoms with Crippen molar-refractivity contribution < 1.29 is 9.53 Å². The van der Waals surface area contributed by atoms with E-state index in [4.69, 9.17) is 0 Å². The van der Waals surface area contributed by atoms with Crippen molar-refractivity contribution in [2.24, 2.45) is 0 Å². The molecular weight excluding hydrogens is 214 g/mol. The molecule has 2 heterocycles. The van der Waals surface area contributed by atoms with E-state index in [1.54, 1.807) is 12.4 Å². The largest absolute Gasteiger partial charge is 0.468 e. The number of carbonyl (C=O) groups excluding carboxylic acids is 1. The number of thioether (sulfide) groups is 1. The summed E-state index contributed by atoms with van der Waals surface area (Å²) >= 11 is 1.31. The van der Waals surface area contributed by atoms with Crippen LogP contribution in [0.15, 0.2) is 23.6 Å². The zero-order chi connectivity index (χ0) is 10.7. The standard InChI is InChI=1S/C9H9N3O2S/c1-14-8(13)5-15-9-11-6-2-3-10-4-7(6)12-9/h2-4H,5H2,1H3,(H,11,12). The molecule has 2 rings (SSSR count). The maximum Gasteiger partial charge on any atom is 0.316 e. The highest BCUT2D eigenvalue weighted by Gasteiger charge is 2.06. The Morgan fingerprint density at radius 3 is 3.27 bits per heavy atom. The topological polar surface area (TPSA) is 67.9 Å². The molecule has 0 amide bonds. The number of aromatic amines is 1. The van der Waals surface area contributed by atoms with E-state index in [1.807, 2.05) is 6.07 Å². The van der Waals surface area contributed by atoms with Crippen LogP contribution in [-0.2, 0) is 9.53 Å². The van der Waals surface area contributed by atoms with Crippen LogP contribution in [0.25, 0.3) is 11.0 Å². The summed E-state index contributed by atoms with van der Waals surface area (Å²) < 4.78 is 4.53. The van der Waals surface area contributed by atoms with E-state index in [0.29, 0.717) is 5.16 Å². The van der Waals surface area contributed by atoms with Crippen LogP contribution >= 0.6 is 11.8 Å². The number of aromatic nitrogens is 3. The Morgan fingerprint density at radius 2 is 2.53 bits per heavy atom. The quantitative estimate of drug-likeness (QED) is 0.626. The molecule has 0 atom stereocenters. The first-order valence-electron chi connectivity index (χ1n) is 4.29. The minimum absolute atomic E-state index is 0.254. The van der Waals surface area contributed by atoms with Crippen LogP contribution in [-0.4, -0.2) is 33.8 Å². The second kappa shape index (κ2) is 4.31. The maximum absolute atomic E-state index is 10.9. The monoisotopic (exact) mass is 223 g/mol. The van der Waals surface area contributed by atoms with Crippen molar-refractivity contribution in [3.63, 3.8) is 0 Å². The number of methoxy groups -OCH3 is 1. The van der Waals surface area contributed by atoms with Gasteiger partial charge in [-0.1, -0.05) is 11.8 Å². The molecule has 0 bridgehead atoms. The predicted molar refractivity (Wildman–Crippen MR) is 56.6 cm³/mol. The van der Waals surface area contributed by atoms with Gasteiger partial charge in [-0.05, 0) is 6.07 Å². The molecule has 0 radical (unpaired) electrons. The Balaban J connectivity index is 2.12. The Morgan fingerprint density at radius 1 is 1.67 bits per heavy atom. The number of imidazole rings is 1. The average molecular weight is 223 g/mol. The van der Waals surface area contributed by atoms with Gasteiger partial charge < -0.3 is 9.72 Å². The first-order chi connectivity index (χ1) is 7.29. The van der Waals surface area contributed by atoms with Gasteiger partial charge in [-0.3, -0.25) is 9.78 Å². The number of hydrogen-bond acceptors (Lipinski definition) is 5. The summed E-state index contributed by atoms with van der Waals surface area (Å²) in [5, 5.41) is 0.698. The van der Waals surface area contributed by atoms with Crippen LogP contribution in [0, 0.1) is 0 Å². The van der Waals surface area contributed by atoms with E-state index >= 15 is 0 Å². The number of fused-ring (bicyclic) bond motifs is 1. The second-order valence-corrected chi connectivity index (χ2v) is 3.76. The van der Waals surface area contributed by atoms with Gasteiger partial charge in [0.05, 0.1) is 30.1 Å². The number of ether oxygens (including phenoxy) is 1. The molecule has 0 fully saturated rings. The summed E-state index contributed by atoms with van der Waals surface area (Å²) in [5.41, 5.74) is 1.71. The van der Waals surface area contributed by atoms with Gasteiger partial charge in [0, 0.05) is 6.20 Å². The van der Waals surface area contributed by atoms with Crippen molar-refractivity contribution >= 4 is 28.8 Å². The number of hydrogen-bond donors (Lipinski definition) is 1. The third-order valence-corrected chi connectivity index (χ3v) is 2.66. The predicted octanol–water partition coefficient (Wildman–Crippen LogP) is 1.22. The zero-order valence-corrected chi connectivity index (χ0v) is 8.87. The van der Waals surface area contributed by atoms with Crippen molar-refractivity contribution in [3.8, 4) is 0 Å². The summed E-state index contributed by atoms with van der Waals surface area (Å²) in [6, 6.07) is 1.81. The lowest BCUT2D eigenvalue weighted by Crippen LogP contribution is -2.02. The molecular formula is C9H9N3O2S. The lowest BCUT2D eigenvalue weighted by Gasteiger charge is -1.95. The molecule has 2 aromatic heterocycles. The Bertz CT molecular complexity index is 450. The molecule has 78 valence electrons. The maximum atomic E-state index is 10.9. The molecule has 5 nitrogen and oxygen atoms in total. The fourth-order valence-electron chi connectivity index (χ4n) is 1.09. The fourth-order valence-corrected chi connectivity index (χ4v) is 1.81. The van der Waals surface area contributed by atoms with Crippen molar-refractivity contribution in [1.29, 1.82) is 0 Å². The number of nitrogens with zero attached hydrogens (tertiary/aromatic N) is 2. The Hall–Kier alpha value is -1.56. The van der Waals surface area contributed by atoms with Crippen molar-refractivity contribution in [3.05, 3.63) is 18.5 Å². The summed E-state index contributed by atoms with van der Waals surface area (Å²) in [6.45, 7) is 0. The number of esters is 1. The Labute approximate surface area is 90.3 Å². The summed E-state index contributed by atoms with van der Waals surface area (Å²) in [4.78, 5) is 22.2. The average Bonchev–Trinajstić information content (AvgIpc) is 2.68. The number of carbonyl (C=O) groups is 1. The van der Waals surface area contributed by atoms with E-state index in [2.05, 4.69) is 19.7 Å². The van der Waals surface area contributed by atoms with Crippen molar-refractivity contribution in [2.75, 3.05) is 12.9 Å². The molecule has 0 aliphatic heterocycles. The zero-order valence-electron chi connectivity index (χ0n) is 8.06. The molecule has 0 spiro atoms. The molecule has 0 aliphatic rings. The van der Waals surface area contributed by atoms with Crippen LogP contribution in [0.5, 0.6) is 0 Å². The van der Waals surface area contributed by atoms with Crippen LogP contribution in [0.1, 0.15) is 0 Å². The number of nitrogens with one attached hydrogen (secondary N) is 1. The molecule has 15 heavy (non-hydrogen) atoms. The minimum Gasteiger partial charge on any atom is -0.468 e. The highest BCUT2D eigenvalue weighted by atomic mass is 32.2. The van der Waals surface area contributed by atoms with Gasteiger partial charge in [-0.25, -0.2) is 4.98 Å². The van der Waals surface area contributed by atoms with Gasteiger partial charge in [-0.2, -0.15) is 0 Å². The normalized spacial score (nSPS) is 10.5. The van der Waals surface area contributed by atoms with Crippen LogP contribution in [0.3, 0.4) is 0 Å². The lowest BCUT2D eigenvalue weighted by molar-refractivity contribution is -0.137. The molecule has 2 aromatic rings. The van der Waals surface area contributed by atoms with E-state index < -0.39 is 0 Å².